The van der Waals surface area contributed by atoms with Gasteiger partial charge in [0.05, 0.1) is 7.11 Å². The number of rotatable bonds is 13. The quantitative estimate of drug-likeness (QED) is 0.285. The molecule has 9 nitrogen and oxygen atoms in total. The number of amides is 2. The van der Waals surface area contributed by atoms with Crippen molar-refractivity contribution in [3.63, 3.8) is 0 Å². The Morgan fingerprint density at radius 2 is 1.63 bits per heavy atom. The normalized spacial score (nSPS) is 12.5. The van der Waals surface area contributed by atoms with Crippen LogP contribution in [-0.2, 0) is 25.7 Å². The Hall–Kier alpha value is -4.18. The molecular weight excluding hydrogens is 544 g/mol. The van der Waals surface area contributed by atoms with Crippen LogP contribution in [0.15, 0.2) is 66.7 Å². The van der Waals surface area contributed by atoms with Crippen molar-refractivity contribution in [3.05, 3.63) is 83.4 Å². The van der Waals surface area contributed by atoms with Crippen molar-refractivity contribution in [3.8, 4) is 22.6 Å². The number of carbonyl (C=O) groups is 3. The average molecular weight is 579 g/mol. The van der Waals surface area contributed by atoms with Crippen LogP contribution in [0.3, 0.4) is 0 Å². The van der Waals surface area contributed by atoms with Crippen molar-refractivity contribution in [1.82, 2.24) is 10.6 Å². The van der Waals surface area contributed by atoms with Gasteiger partial charge in [0.15, 0.2) is 6.61 Å². The lowest BCUT2D eigenvalue weighted by Gasteiger charge is -2.19. The van der Waals surface area contributed by atoms with Crippen LogP contribution >= 0.6 is 11.8 Å². The molecule has 0 aromatic heterocycles. The molecule has 0 aliphatic heterocycles. The van der Waals surface area contributed by atoms with Crippen molar-refractivity contribution in [2.75, 3.05) is 39.4 Å². The fraction of sp³-hybridized carbons (Fsp3) is 0.323. The highest BCUT2D eigenvalue weighted by molar-refractivity contribution is 7.98. The Morgan fingerprint density at radius 1 is 0.951 bits per heavy atom. The predicted molar refractivity (Wildman–Crippen MR) is 157 cm³/mol. The van der Waals surface area contributed by atoms with E-state index in [0.717, 1.165) is 22.3 Å². The summed E-state index contributed by atoms with van der Waals surface area (Å²) in [5.74, 6) is 0.606. The Morgan fingerprint density at radius 3 is 2.27 bits per heavy atom. The molecule has 2 amide bonds. The molecule has 1 atom stereocenters. The zero-order chi connectivity index (χ0) is 29.2. The van der Waals surface area contributed by atoms with Crippen molar-refractivity contribution in [2.24, 2.45) is 0 Å². The van der Waals surface area contributed by atoms with Gasteiger partial charge in [-0.15, -0.1) is 0 Å². The first kappa shape index (κ1) is 29.8. The molecule has 0 spiro atoms. The van der Waals surface area contributed by atoms with Gasteiger partial charge in [-0.25, -0.2) is 9.59 Å². The van der Waals surface area contributed by atoms with Crippen LogP contribution in [-0.4, -0.2) is 63.4 Å². The number of carbonyl (C=O) groups excluding carboxylic acids is 3. The highest BCUT2D eigenvalue weighted by Crippen LogP contribution is 2.44. The molecule has 0 heterocycles. The van der Waals surface area contributed by atoms with Crippen LogP contribution in [0.5, 0.6) is 11.5 Å². The first-order valence-electron chi connectivity index (χ1n) is 13.2. The lowest BCUT2D eigenvalue weighted by atomic mass is 9.98. The maximum absolute atomic E-state index is 13.0. The van der Waals surface area contributed by atoms with E-state index in [1.54, 1.807) is 30.0 Å². The van der Waals surface area contributed by atoms with Crippen LogP contribution < -0.4 is 20.1 Å². The molecule has 1 aliphatic rings. The van der Waals surface area contributed by atoms with E-state index < -0.39 is 18.1 Å². The smallest absolute Gasteiger partial charge is 0.407 e. The van der Waals surface area contributed by atoms with Crippen LogP contribution in [0, 0.1) is 0 Å². The number of hydrogen-bond donors (Lipinski definition) is 2. The summed E-state index contributed by atoms with van der Waals surface area (Å²) >= 11 is 1.56. The van der Waals surface area contributed by atoms with E-state index in [-0.39, 0.29) is 31.6 Å². The first-order chi connectivity index (χ1) is 19.9. The number of likely N-dealkylation sites (N-methyl/N-ethyl adjacent to an activating group) is 1. The molecule has 0 saturated heterocycles. The van der Waals surface area contributed by atoms with E-state index in [2.05, 4.69) is 34.9 Å². The van der Waals surface area contributed by atoms with E-state index in [0.29, 0.717) is 29.2 Å². The van der Waals surface area contributed by atoms with E-state index >= 15 is 0 Å². The van der Waals surface area contributed by atoms with Crippen molar-refractivity contribution >= 4 is 29.7 Å². The van der Waals surface area contributed by atoms with Gasteiger partial charge in [-0.3, -0.25) is 4.79 Å². The molecular formula is C31H34N2O7S. The van der Waals surface area contributed by atoms with Crippen LogP contribution in [0.1, 0.15) is 29.0 Å². The molecule has 0 bridgehead atoms. The maximum Gasteiger partial charge on any atom is 0.407 e. The highest BCUT2D eigenvalue weighted by atomic mass is 32.2. The van der Waals surface area contributed by atoms with Gasteiger partial charge in [0, 0.05) is 24.6 Å². The summed E-state index contributed by atoms with van der Waals surface area (Å²) in [6.07, 6.45) is 1.63. The molecule has 41 heavy (non-hydrogen) atoms. The van der Waals surface area contributed by atoms with Crippen LogP contribution in [0.4, 0.5) is 4.79 Å². The van der Waals surface area contributed by atoms with Gasteiger partial charge in [-0.1, -0.05) is 48.5 Å². The molecule has 3 aromatic carbocycles. The van der Waals surface area contributed by atoms with Crippen molar-refractivity contribution < 1.29 is 33.3 Å². The van der Waals surface area contributed by atoms with Crippen molar-refractivity contribution in [1.29, 1.82) is 0 Å². The second-order valence-corrected chi connectivity index (χ2v) is 10.3. The van der Waals surface area contributed by atoms with E-state index in [9.17, 15) is 14.4 Å². The lowest BCUT2D eigenvalue weighted by Crippen LogP contribution is -2.42. The fourth-order valence-corrected chi connectivity index (χ4v) is 5.14. The van der Waals surface area contributed by atoms with Gasteiger partial charge in [0.1, 0.15) is 30.8 Å². The topological polar surface area (TPSA) is 112 Å². The Bertz CT molecular complexity index is 1330. The number of alkyl carbamates (subject to hydrolysis) is 1. The molecule has 216 valence electrons. The van der Waals surface area contributed by atoms with E-state index in [1.807, 2.05) is 30.5 Å². The van der Waals surface area contributed by atoms with Crippen LogP contribution in [0.25, 0.3) is 11.1 Å². The largest absolute Gasteiger partial charge is 0.496 e. The third-order valence-electron chi connectivity index (χ3n) is 6.81. The molecule has 0 fully saturated rings. The van der Waals surface area contributed by atoms with Crippen LogP contribution in [0.2, 0.25) is 0 Å². The molecule has 0 radical (unpaired) electrons. The van der Waals surface area contributed by atoms with Gasteiger partial charge >= 0.3 is 12.1 Å². The Labute approximate surface area is 243 Å². The minimum Gasteiger partial charge on any atom is -0.496 e. The van der Waals surface area contributed by atoms with Gasteiger partial charge in [0.2, 0.25) is 0 Å². The van der Waals surface area contributed by atoms with Crippen molar-refractivity contribution in [2.45, 2.75) is 25.0 Å². The number of esters is 1. The Kier molecular flexibility index (Phi) is 10.5. The highest BCUT2D eigenvalue weighted by Gasteiger charge is 2.30. The average Bonchev–Trinajstić information content (AvgIpc) is 3.33. The molecule has 10 heteroatoms. The molecule has 3 aromatic rings. The van der Waals surface area contributed by atoms with Gasteiger partial charge < -0.3 is 29.6 Å². The SMILES string of the molecule is CNC(=O)COc1ccc(COC(=O)[C@@H](CCSC)NC(=O)OCC2c3ccccc3-c3ccccc32)c(OC)c1. The number of nitrogens with one attached hydrogen (secondary N) is 2. The minimum absolute atomic E-state index is 0.0696. The maximum atomic E-state index is 13.0. The van der Waals surface area contributed by atoms with E-state index in [1.165, 1.54) is 14.2 Å². The number of hydrogen-bond acceptors (Lipinski definition) is 8. The van der Waals surface area contributed by atoms with Gasteiger partial charge in [-0.2, -0.15) is 11.8 Å². The van der Waals surface area contributed by atoms with E-state index in [4.69, 9.17) is 18.9 Å². The summed E-state index contributed by atoms with van der Waals surface area (Å²) in [4.78, 5) is 37.3. The number of fused-ring (bicyclic) bond motifs is 3. The summed E-state index contributed by atoms with van der Waals surface area (Å²) < 4.78 is 22.0. The molecule has 1 aliphatic carbocycles. The molecule has 4 rings (SSSR count). The summed E-state index contributed by atoms with van der Waals surface area (Å²) in [6.45, 7) is -0.0534. The standard InChI is InChI=1S/C31H34N2O7S/c1-32-29(34)19-38-21-13-12-20(28(16-21)37-2)17-39-30(35)27(14-15-41-3)33-31(36)40-18-26-24-10-6-4-8-22(24)23-9-5-7-11-25(23)26/h4-13,16,26-27H,14-15,17-19H2,1-3H3,(H,32,34)(H,33,36)/t27-/m1/s1. The minimum atomic E-state index is -0.876. The number of ether oxygens (including phenoxy) is 4. The van der Waals surface area contributed by atoms with Gasteiger partial charge in [0.25, 0.3) is 5.91 Å². The zero-order valence-corrected chi connectivity index (χ0v) is 24.1. The third kappa shape index (κ3) is 7.52. The summed E-state index contributed by atoms with van der Waals surface area (Å²) in [7, 11) is 3.02. The fourth-order valence-electron chi connectivity index (χ4n) is 4.67. The molecule has 2 N–H and O–H groups in total. The second-order valence-electron chi connectivity index (χ2n) is 9.35. The van der Waals surface area contributed by atoms with Gasteiger partial charge in [-0.05, 0) is 52.8 Å². The number of thioether (sulfide) groups is 1. The third-order valence-corrected chi connectivity index (χ3v) is 7.45. The molecule has 0 unspecified atom stereocenters. The zero-order valence-electron chi connectivity index (χ0n) is 23.3. The summed E-state index contributed by atoms with van der Waals surface area (Å²) in [6, 6.07) is 20.3. The first-order valence-corrected chi connectivity index (χ1v) is 14.6. The monoisotopic (exact) mass is 578 g/mol. The number of methoxy groups -OCH3 is 1. The summed E-state index contributed by atoms with van der Waals surface area (Å²) in [5, 5.41) is 5.18. The summed E-state index contributed by atoms with van der Waals surface area (Å²) in [5.41, 5.74) is 5.11. The Balaban J connectivity index is 1.35. The molecule has 0 saturated carbocycles. The lowest BCUT2D eigenvalue weighted by molar-refractivity contribution is -0.147. The second kappa shape index (κ2) is 14.5. The predicted octanol–water partition coefficient (Wildman–Crippen LogP) is 4.52. The number of benzene rings is 3.